The average Bonchev–Trinajstić information content (AvgIpc) is 2.52. The minimum absolute atomic E-state index is 0.0198. The van der Waals surface area contributed by atoms with Gasteiger partial charge in [-0.05, 0) is 38.5 Å². The average molecular weight is 408 g/mol. The maximum Gasteiger partial charge on any atom is 0.362 e. The third kappa shape index (κ3) is 5.60. The highest BCUT2D eigenvalue weighted by atomic mass is 35.7. The first-order valence-electron chi connectivity index (χ1n) is 7.91. The van der Waals surface area contributed by atoms with E-state index in [0.29, 0.717) is 13.1 Å². The molecule has 0 bridgehead atoms. The van der Waals surface area contributed by atoms with Crippen LogP contribution >= 0.6 is 18.1 Å². The SMILES string of the molecule is CC(=O)Nc1ccn(C2CN(C)C[C@@H](CO[P@](=O)(Cl)N(C)C)O2)c(=O)n1. The van der Waals surface area contributed by atoms with Gasteiger partial charge in [-0.15, -0.1) is 0 Å². The van der Waals surface area contributed by atoms with Gasteiger partial charge in [0.15, 0.2) is 6.23 Å². The maximum atomic E-state index is 12.2. The Hall–Kier alpha value is -1.29. The molecule has 0 aromatic carbocycles. The van der Waals surface area contributed by atoms with Gasteiger partial charge in [0.25, 0.3) is 0 Å². The van der Waals surface area contributed by atoms with Crippen LogP contribution in [0.4, 0.5) is 5.82 Å². The van der Waals surface area contributed by atoms with Crippen LogP contribution in [0.2, 0.25) is 0 Å². The largest absolute Gasteiger partial charge is 0.362 e. The van der Waals surface area contributed by atoms with Crippen molar-refractivity contribution in [1.29, 1.82) is 0 Å². The fourth-order valence-corrected chi connectivity index (χ4v) is 3.17. The van der Waals surface area contributed by atoms with Crippen LogP contribution in [0.1, 0.15) is 13.2 Å². The number of nitrogens with zero attached hydrogens (tertiary/aromatic N) is 4. The predicted octanol–water partition coefficient (Wildman–Crippen LogP) is 0.956. The molecular weight excluding hydrogens is 385 g/mol. The summed E-state index contributed by atoms with van der Waals surface area (Å²) in [5.74, 6) is -0.135. The van der Waals surface area contributed by atoms with Crippen molar-refractivity contribution in [2.24, 2.45) is 0 Å². The van der Waals surface area contributed by atoms with Gasteiger partial charge in [-0.3, -0.25) is 18.8 Å². The molecule has 0 radical (unpaired) electrons. The van der Waals surface area contributed by atoms with E-state index in [4.69, 9.17) is 20.5 Å². The van der Waals surface area contributed by atoms with Gasteiger partial charge < -0.3 is 14.6 Å². The van der Waals surface area contributed by atoms with Gasteiger partial charge in [0.05, 0.1) is 12.7 Å². The Kier molecular flexibility index (Phi) is 6.95. The van der Waals surface area contributed by atoms with Crippen molar-refractivity contribution in [2.45, 2.75) is 19.3 Å². The van der Waals surface area contributed by atoms with E-state index in [1.54, 1.807) is 14.1 Å². The predicted molar refractivity (Wildman–Crippen MR) is 97.3 cm³/mol. The molecule has 146 valence electrons. The monoisotopic (exact) mass is 407 g/mol. The molecule has 1 aliphatic heterocycles. The van der Waals surface area contributed by atoms with Crippen molar-refractivity contribution in [3.8, 4) is 0 Å². The van der Waals surface area contributed by atoms with Crippen LogP contribution in [-0.2, 0) is 18.6 Å². The lowest BCUT2D eigenvalue weighted by Gasteiger charge is -2.36. The molecule has 2 heterocycles. The van der Waals surface area contributed by atoms with Gasteiger partial charge in [0.1, 0.15) is 5.82 Å². The molecule has 1 fully saturated rings. The third-order valence-corrected chi connectivity index (χ3v) is 6.30. The van der Waals surface area contributed by atoms with Crippen molar-refractivity contribution in [3.05, 3.63) is 22.7 Å². The topological polar surface area (TPSA) is 106 Å². The fraction of sp³-hybridized carbons (Fsp3) is 0.643. The van der Waals surface area contributed by atoms with Crippen LogP contribution in [-0.4, -0.2) is 72.0 Å². The summed E-state index contributed by atoms with van der Waals surface area (Å²) < 4.78 is 25.9. The number of ether oxygens (including phenoxy) is 1. The number of anilines is 1. The Morgan fingerprint density at radius 2 is 2.23 bits per heavy atom. The number of hydrogen-bond donors (Lipinski definition) is 1. The Morgan fingerprint density at radius 1 is 1.54 bits per heavy atom. The molecule has 1 aliphatic rings. The van der Waals surface area contributed by atoms with E-state index >= 15 is 0 Å². The van der Waals surface area contributed by atoms with E-state index in [1.165, 1.54) is 28.4 Å². The molecule has 1 aromatic rings. The lowest BCUT2D eigenvalue weighted by molar-refractivity contribution is -0.127. The highest BCUT2D eigenvalue weighted by Gasteiger charge is 2.31. The number of halogens is 1. The number of amides is 1. The Bertz CT molecular complexity index is 757. The molecule has 0 aliphatic carbocycles. The van der Waals surface area contributed by atoms with E-state index in [9.17, 15) is 14.2 Å². The van der Waals surface area contributed by atoms with Crippen LogP contribution in [0.3, 0.4) is 0 Å². The smallest absolute Gasteiger partial charge is 0.350 e. The lowest BCUT2D eigenvalue weighted by atomic mass is 10.3. The summed E-state index contributed by atoms with van der Waals surface area (Å²) in [5, 5.41) is 2.46. The van der Waals surface area contributed by atoms with Crippen molar-refractivity contribution < 1.29 is 18.6 Å². The summed E-state index contributed by atoms with van der Waals surface area (Å²) >= 11 is 5.85. The summed E-state index contributed by atoms with van der Waals surface area (Å²) in [6, 6.07) is 1.52. The molecule has 3 atom stereocenters. The Morgan fingerprint density at radius 3 is 2.81 bits per heavy atom. The third-order valence-electron chi connectivity index (χ3n) is 3.67. The molecule has 0 spiro atoms. The molecule has 12 heteroatoms. The highest BCUT2D eigenvalue weighted by Crippen LogP contribution is 2.54. The number of aromatic nitrogens is 2. The molecule has 1 unspecified atom stereocenters. The van der Waals surface area contributed by atoms with Gasteiger partial charge in [0, 0.05) is 26.2 Å². The molecule has 1 saturated heterocycles. The zero-order chi connectivity index (χ0) is 19.5. The maximum absolute atomic E-state index is 12.2. The summed E-state index contributed by atoms with van der Waals surface area (Å²) in [6.45, 7) is -1.04. The van der Waals surface area contributed by atoms with E-state index in [-0.39, 0.29) is 18.3 Å². The first kappa shape index (κ1) is 21.0. The number of likely N-dealkylation sites (N-methyl/N-ethyl adjacent to an activating group) is 1. The van der Waals surface area contributed by atoms with Gasteiger partial charge in [0.2, 0.25) is 5.91 Å². The normalized spacial score (nSPS) is 23.6. The van der Waals surface area contributed by atoms with Crippen LogP contribution in [0.15, 0.2) is 17.1 Å². The number of morpholine rings is 1. The first-order chi connectivity index (χ1) is 12.1. The van der Waals surface area contributed by atoms with Crippen molar-refractivity contribution in [2.75, 3.05) is 46.2 Å². The van der Waals surface area contributed by atoms with Crippen LogP contribution in [0.25, 0.3) is 0 Å². The lowest BCUT2D eigenvalue weighted by Crippen LogP contribution is -2.47. The van der Waals surface area contributed by atoms with E-state index in [0.717, 1.165) is 0 Å². The van der Waals surface area contributed by atoms with Crippen molar-refractivity contribution in [1.82, 2.24) is 19.1 Å². The Labute approximate surface area is 156 Å². The molecule has 1 amide bonds. The van der Waals surface area contributed by atoms with Gasteiger partial charge >= 0.3 is 12.6 Å². The second-order valence-electron chi connectivity index (χ2n) is 6.21. The number of carbonyl (C=O) groups is 1. The molecule has 1 aromatic heterocycles. The van der Waals surface area contributed by atoms with Crippen molar-refractivity contribution in [3.63, 3.8) is 0 Å². The number of carbonyl (C=O) groups excluding carboxylic acids is 1. The standard InChI is InChI=1S/C14H23ClN5O5P/c1-10(21)16-12-5-6-20(14(22)17-12)13-8-19(4)7-11(25-13)9-24-26(15,23)18(2)3/h5-6,11,13H,7-9H2,1-4H3,(H,16,17,21,22)/t11-,13?,26+/m0/s1. The number of rotatable bonds is 6. The summed E-state index contributed by atoms with van der Waals surface area (Å²) in [4.78, 5) is 29.1. The zero-order valence-electron chi connectivity index (χ0n) is 15.1. The summed E-state index contributed by atoms with van der Waals surface area (Å²) in [5.41, 5.74) is -0.549. The summed E-state index contributed by atoms with van der Waals surface area (Å²) in [6.07, 6.45) is 0.490. The highest BCUT2D eigenvalue weighted by molar-refractivity contribution is 7.83. The molecular formula is C14H23ClN5O5P. The molecule has 0 saturated carbocycles. The van der Waals surface area contributed by atoms with E-state index in [1.807, 2.05) is 11.9 Å². The van der Waals surface area contributed by atoms with Crippen LogP contribution in [0.5, 0.6) is 0 Å². The Balaban J connectivity index is 2.09. The second kappa shape index (κ2) is 8.60. The second-order valence-corrected chi connectivity index (χ2v) is 9.45. The van der Waals surface area contributed by atoms with Crippen molar-refractivity contribution >= 4 is 29.8 Å². The molecule has 10 nitrogen and oxygen atoms in total. The van der Waals surface area contributed by atoms with Gasteiger partial charge in [-0.1, -0.05) is 0 Å². The minimum Gasteiger partial charge on any atom is -0.350 e. The summed E-state index contributed by atoms with van der Waals surface area (Å²) in [7, 11) is 5.00. The van der Waals surface area contributed by atoms with Gasteiger partial charge in [-0.2, -0.15) is 4.98 Å². The number of hydrogen-bond acceptors (Lipinski definition) is 7. The first-order valence-corrected chi connectivity index (χ1v) is 10.4. The van der Waals surface area contributed by atoms with Crippen LogP contribution in [0, 0.1) is 0 Å². The fourth-order valence-electron chi connectivity index (χ4n) is 2.41. The molecule has 26 heavy (non-hydrogen) atoms. The van der Waals surface area contributed by atoms with Gasteiger partial charge in [-0.25, -0.2) is 9.46 Å². The van der Waals surface area contributed by atoms with E-state index in [2.05, 4.69) is 10.3 Å². The number of nitrogens with one attached hydrogen (secondary N) is 1. The molecule has 2 rings (SSSR count). The minimum atomic E-state index is -3.39. The molecule has 1 N–H and O–H groups in total. The quantitative estimate of drug-likeness (QED) is 0.695. The van der Waals surface area contributed by atoms with E-state index < -0.39 is 24.9 Å². The zero-order valence-corrected chi connectivity index (χ0v) is 16.7. The van der Waals surface area contributed by atoms with Crippen LogP contribution < -0.4 is 11.0 Å².